The van der Waals surface area contributed by atoms with Crippen molar-refractivity contribution < 1.29 is 46.5 Å². The third kappa shape index (κ3) is 7.35. The largest absolute Gasteiger partial charge is 0.476 e. The first-order chi connectivity index (χ1) is 20.5. The Labute approximate surface area is 253 Å². The van der Waals surface area contributed by atoms with Crippen molar-refractivity contribution in [3.05, 3.63) is 42.5 Å². The van der Waals surface area contributed by atoms with E-state index in [4.69, 9.17) is 23.3 Å². The zero-order valence-corrected chi connectivity index (χ0v) is 26.5. The Hall–Kier alpha value is -3.23. The summed E-state index contributed by atoms with van der Waals surface area (Å²) in [6.45, 7) is 10.4. The summed E-state index contributed by atoms with van der Waals surface area (Å²) >= 11 is 0. The van der Waals surface area contributed by atoms with Crippen molar-refractivity contribution in [1.29, 1.82) is 0 Å². The molecule has 3 heterocycles. The molecule has 44 heavy (non-hydrogen) atoms. The van der Waals surface area contributed by atoms with Crippen LogP contribution in [-0.4, -0.2) is 74.1 Å². The minimum atomic E-state index is -4.59. The predicted molar refractivity (Wildman–Crippen MR) is 154 cm³/mol. The number of alkyl halides is 2. The fraction of sp³-hybridized carbons (Fsp3) is 0.571. The maximum Gasteiger partial charge on any atom is 0.459 e. The second-order valence-electron chi connectivity index (χ2n) is 11.9. The molecule has 16 heteroatoms. The molecule has 1 aromatic carbocycles. The highest BCUT2D eigenvalue weighted by atomic mass is 31.2. The topological polar surface area (TPSA) is 156 Å². The van der Waals surface area contributed by atoms with Crippen molar-refractivity contribution in [2.45, 2.75) is 78.4 Å². The van der Waals surface area contributed by atoms with Gasteiger partial charge in [0.25, 0.3) is 5.85 Å². The van der Waals surface area contributed by atoms with Crippen LogP contribution in [0.1, 0.15) is 53.6 Å². The van der Waals surface area contributed by atoms with E-state index in [1.807, 2.05) is 20.8 Å². The van der Waals surface area contributed by atoms with Crippen LogP contribution in [0.2, 0.25) is 0 Å². The van der Waals surface area contributed by atoms with Gasteiger partial charge < -0.3 is 23.8 Å². The number of aromatic nitrogens is 4. The first-order valence-corrected chi connectivity index (χ1v) is 15.5. The highest BCUT2D eigenvalue weighted by Gasteiger charge is 2.65. The number of hydrogen-bond donors (Lipinski definition) is 2. The van der Waals surface area contributed by atoms with Gasteiger partial charge in [0, 0.05) is 0 Å². The molecule has 1 aliphatic rings. The second-order valence-corrected chi connectivity index (χ2v) is 13.6. The molecule has 0 saturated carbocycles. The van der Waals surface area contributed by atoms with Crippen LogP contribution in [0, 0.1) is 12.3 Å². The summed E-state index contributed by atoms with van der Waals surface area (Å²) in [6, 6.07) is 6.55. The van der Waals surface area contributed by atoms with Gasteiger partial charge in [0.2, 0.25) is 5.88 Å². The number of para-hydroxylation sites is 1. The van der Waals surface area contributed by atoms with Crippen molar-refractivity contribution in [2.75, 3.05) is 19.8 Å². The predicted octanol–water partition coefficient (Wildman–Crippen LogP) is 4.59. The summed E-state index contributed by atoms with van der Waals surface area (Å²) < 4.78 is 74.2. The normalized spacial score (nSPS) is 25.9. The van der Waals surface area contributed by atoms with E-state index >= 15 is 8.78 Å². The monoisotopic (exact) mass is 641 g/mol. The summed E-state index contributed by atoms with van der Waals surface area (Å²) in [4.78, 5) is 25.3. The maximum absolute atomic E-state index is 16.3. The molecule has 0 radical (unpaired) electrons. The summed E-state index contributed by atoms with van der Waals surface area (Å²) in [5, 5.41) is 13.6. The van der Waals surface area contributed by atoms with E-state index in [0.29, 0.717) is 0 Å². The Morgan fingerprint density at radius 1 is 1.27 bits per heavy atom. The van der Waals surface area contributed by atoms with Crippen molar-refractivity contribution in [2.24, 2.45) is 5.41 Å². The van der Waals surface area contributed by atoms with Crippen molar-refractivity contribution in [3.63, 3.8) is 0 Å². The first-order valence-electron chi connectivity index (χ1n) is 14.0. The molecule has 0 bridgehead atoms. The lowest BCUT2D eigenvalue weighted by Gasteiger charge is -2.28. The van der Waals surface area contributed by atoms with Crippen LogP contribution in [0.25, 0.3) is 11.2 Å². The lowest BCUT2D eigenvalue weighted by Crippen LogP contribution is -2.46. The Morgan fingerprint density at radius 3 is 2.59 bits per heavy atom. The minimum Gasteiger partial charge on any atom is -0.476 e. The van der Waals surface area contributed by atoms with E-state index in [1.165, 1.54) is 25.4 Å². The quantitative estimate of drug-likeness (QED) is 0.210. The number of ether oxygens (including phenoxy) is 3. The summed E-state index contributed by atoms with van der Waals surface area (Å²) in [5.74, 6) is -3.60. The lowest BCUT2D eigenvalue weighted by molar-refractivity contribution is -0.192. The molecule has 1 saturated heterocycles. The molecular formula is C28H38F2N5O8P. The van der Waals surface area contributed by atoms with Crippen LogP contribution in [0.3, 0.4) is 0 Å². The van der Waals surface area contributed by atoms with Gasteiger partial charge in [0.05, 0.1) is 19.5 Å². The first kappa shape index (κ1) is 33.7. The van der Waals surface area contributed by atoms with Crippen LogP contribution >= 0.6 is 7.75 Å². The van der Waals surface area contributed by atoms with Crippen molar-refractivity contribution in [3.8, 4) is 11.6 Å². The average molecular weight is 642 g/mol. The number of aliphatic hydroxyl groups is 1. The number of carbonyl (C=O) groups excluding carboxylic acids is 1. The van der Waals surface area contributed by atoms with Crippen LogP contribution in [-0.2, 0) is 23.4 Å². The molecule has 13 nitrogen and oxygen atoms in total. The molecule has 0 amide bonds. The molecule has 2 N–H and O–H groups in total. The molecule has 1 aliphatic heterocycles. The van der Waals surface area contributed by atoms with Gasteiger partial charge in [0.15, 0.2) is 23.6 Å². The number of fused-ring (bicyclic) bond motifs is 1. The number of carbonyl (C=O) groups is 1. The van der Waals surface area contributed by atoms with E-state index in [9.17, 15) is 14.5 Å². The summed E-state index contributed by atoms with van der Waals surface area (Å²) in [6.07, 6.45) is -3.20. The number of imidazole rings is 1. The number of nitrogens with one attached hydrogen (secondary N) is 1. The number of aryl methyl sites for hydroxylation is 1. The van der Waals surface area contributed by atoms with Gasteiger partial charge in [-0.15, -0.1) is 0 Å². The standard InChI is InChI=1S/C28H38F2N5O8P/c1-8-39-22-20-21(32-18(3)33-22)35(16-31-20)25-27(7,37)24(29)28(30,42-25)15-41-44(38,43-19-12-10-9-11-13-19)34-17(2)23(36)40-14-26(4,5)6/h9-13,16-17,24-25,37H,8,14-15H2,1-7H3,(H,34,38)/t17?,24-,25+,27+,28+,44?/m0/s1. The smallest absolute Gasteiger partial charge is 0.459 e. The molecule has 0 aliphatic carbocycles. The molecule has 242 valence electrons. The Balaban J connectivity index is 1.59. The fourth-order valence-electron chi connectivity index (χ4n) is 4.36. The molecule has 3 aromatic rings. The van der Waals surface area contributed by atoms with Crippen LogP contribution in [0.15, 0.2) is 36.7 Å². The van der Waals surface area contributed by atoms with Crippen molar-refractivity contribution in [1.82, 2.24) is 24.6 Å². The van der Waals surface area contributed by atoms with Gasteiger partial charge in [0.1, 0.15) is 29.8 Å². The number of halogens is 2. The molecule has 0 spiro atoms. The number of rotatable bonds is 12. The SMILES string of the molecule is CCOc1nc(C)nc2c1ncn2[C@@H]1O[C@](F)(COP(=O)(NC(C)C(=O)OCC(C)(C)C)Oc2ccccc2)[C@@H](F)[C@@]1(C)O. The van der Waals surface area contributed by atoms with E-state index < -0.39 is 50.2 Å². The van der Waals surface area contributed by atoms with Crippen molar-refractivity contribution >= 4 is 24.9 Å². The third-order valence-electron chi connectivity index (χ3n) is 6.49. The summed E-state index contributed by atoms with van der Waals surface area (Å²) in [7, 11) is -4.59. The average Bonchev–Trinajstić information content (AvgIpc) is 3.43. The van der Waals surface area contributed by atoms with Gasteiger partial charge >= 0.3 is 13.7 Å². The molecule has 2 unspecified atom stereocenters. The molecule has 1 fully saturated rings. The Kier molecular flexibility index (Phi) is 9.67. The van der Waals surface area contributed by atoms with Gasteiger partial charge in [-0.1, -0.05) is 39.0 Å². The number of hydrogen-bond acceptors (Lipinski definition) is 11. The molecular weight excluding hydrogens is 603 g/mol. The highest BCUT2D eigenvalue weighted by molar-refractivity contribution is 7.52. The van der Waals surface area contributed by atoms with E-state index in [1.54, 1.807) is 32.0 Å². The highest BCUT2D eigenvalue weighted by Crippen LogP contribution is 2.52. The van der Waals surface area contributed by atoms with Gasteiger partial charge in [-0.25, -0.2) is 23.3 Å². The van der Waals surface area contributed by atoms with Gasteiger partial charge in [-0.3, -0.25) is 13.9 Å². The van der Waals surface area contributed by atoms with Crippen LogP contribution < -0.4 is 14.3 Å². The molecule has 6 atom stereocenters. The van der Waals surface area contributed by atoms with E-state index in [2.05, 4.69) is 20.0 Å². The molecule has 2 aromatic heterocycles. The van der Waals surface area contributed by atoms with E-state index in [0.717, 1.165) is 11.5 Å². The zero-order valence-electron chi connectivity index (χ0n) is 25.6. The number of benzene rings is 1. The van der Waals surface area contributed by atoms with Gasteiger partial charge in [-0.2, -0.15) is 10.1 Å². The summed E-state index contributed by atoms with van der Waals surface area (Å²) in [5.41, 5.74) is -2.52. The minimum absolute atomic E-state index is 0.0607. The molecule has 4 rings (SSSR count). The second kappa shape index (κ2) is 12.6. The van der Waals surface area contributed by atoms with Crippen LogP contribution in [0.4, 0.5) is 8.78 Å². The lowest BCUT2D eigenvalue weighted by atomic mass is 9.97. The maximum atomic E-state index is 16.3. The fourth-order valence-corrected chi connectivity index (χ4v) is 5.87. The Bertz CT molecular complexity index is 1520. The van der Waals surface area contributed by atoms with E-state index in [-0.39, 0.29) is 47.2 Å². The third-order valence-corrected chi connectivity index (χ3v) is 8.11. The Morgan fingerprint density at radius 2 is 1.95 bits per heavy atom. The van der Waals surface area contributed by atoms with Gasteiger partial charge in [-0.05, 0) is 45.2 Å². The van der Waals surface area contributed by atoms with Crippen LogP contribution in [0.5, 0.6) is 11.6 Å². The number of esters is 1. The zero-order chi connectivity index (χ0) is 32.5. The number of nitrogens with zero attached hydrogens (tertiary/aromatic N) is 4.